The molecule has 0 aromatic heterocycles. The molecule has 0 saturated heterocycles. The molecule has 21 heavy (non-hydrogen) atoms. The quantitative estimate of drug-likeness (QED) is 0.707. The molecule has 0 aliphatic rings. The summed E-state index contributed by atoms with van der Waals surface area (Å²) in [6.07, 6.45) is 0. The van der Waals surface area contributed by atoms with E-state index in [9.17, 15) is 8.42 Å². The van der Waals surface area contributed by atoms with Gasteiger partial charge >= 0.3 is 0 Å². The van der Waals surface area contributed by atoms with Gasteiger partial charge in [-0.2, -0.15) is 0 Å². The molecule has 0 radical (unpaired) electrons. The molecule has 7 heteroatoms. The standard InChI is InChI=1S/C14H13Br2NO3S/c15-11-6-7-13(16)14(10-11)21(18,19)17-8-9-20-12-4-2-1-3-5-12/h1-7,10,17H,8-9H2. The van der Waals surface area contributed by atoms with Crippen molar-refractivity contribution in [3.63, 3.8) is 0 Å². The van der Waals surface area contributed by atoms with Crippen molar-refractivity contribution in [2.24, 2.45) is 0 Å². The number of nitrogens with one attached hydrogen (secondary N) is 1. The van der Waals surface area contributed by atoms with E-state index < -0.39 is 10.0 Å². The average molecular weight is 435 g/mol. The minimum absolute atomic E-state index is 0.191. The van der Waals surface area contributed by atoms with Crippen molar-refractivity contribution in [3.8, 4) is 5.75 Å². The van der Waals surface area contributed by atoms with E-state index >= 15 is 0 Å². The zero-order valence-corrected chi connectivity index (χ0v) is 14.9. The van der Waals surface area contributed by atoms with Gasteiger partial charge in [0.25, 0.3) is 0 Å². The van der Waals surface area contributed by atoms with Gasteiger partial charge in [0.15, 0.2) is 0 Å². The van der Waals surface area contributed by atoms with Crippen molar-refractivity contribution >= 4 is 41.9 Å². The van der Waals surface area contributed by atoms with E-state index in [4.69, 9.17) is 4.74 Å². The zero-order chi connectivity index (χ0) is 15.3. The van der Waals surface area contributed by atoms with Crippen LogP contribution < -0.4 is 9.46 Å². The summed E-state index contributed by atoms with van der Waals surface area (Å²) in [4.78, 5) is 0.191. The van der Waals surface area contributed by atoms with Gasteiger partial charge in [-0.25, -0.2) is 13.1 Å². The lowest BCUT2D eigenvalue weighted by molar-refractivity contribution is 0.323. The highest BCUT2D eigenvalue weighted by Gasteiger charge is 2.17. The first-order valence-corrected chi connectivity index (χ1v) is 9.18. The third-order valence-corrected chi connectivity index (χ3v) is 5.54. The van der Waals surface area contributed by atoms with Crippen molar-refractivity contribution in [1.29, 1.82) is 0 Å². The van der Waals surface area contributed by atoms with Crippen molar-refractivity contribution in [3.05, 3.63) is 57.5 Å². The molecule has 0 unspecified atom stereocenters. The highest BCUT2D eigenvalue weighted by Crippen LogP contribution is 2.25. The van der Waals surface area contributed by atoms with E-state index in [-0.39, 0.29) is 18.0 Å². The van der Waals surface area contributed by atoms with Crippen LogP contribution in [-0.2, 0) is 10.0 Å². The molecule has 0 heterocycles. The molecule has 112 valence electrons. The molecule has 0 fully saturated rings. The number of ether oxygens (including phenoxy) is 1. The first-order valence-electron chi connectivity index (χ1n) is 6.11. The zero-order valence-electron chi connectivity index (χ0n) is 10.9. The summed E-state index contributed by atoms with van der Waals surface area (Å²) in [6.45, 7) is 0.449. The summed E-state index contributed by atoms with van der Waals surface area (Å²) < 4.78 is 33.6. The van der Waals surface area contributed by atoms with E-state index in [1.54, 1.807) is 18.2 Å². The minimum Gasteiger partial charge on any atom is -0.492 e. The first kappa shape index (κ1) is 16.5. The Labute approximate surface area is 140 Å². The smallest absolute Gasteiger partial charge is 0.241 e. The van der Waals surface area contributed by atoms with Crippen molar-refractivity contribution < 1.29 is 13.2 Å². The fourth-order valence-corrected chi connectivity index (χ4v) is 4.14. The summed E-state index contributed by atoms with van der Waals surface area (Å²) in [6, 6.07) is 14.2. The lowest BCUT2D eigenvalue weighted by Gasteiger charge is -2.10. The maximum Gasteiger partial charge on any atom is 0.241 e. The van der Waals surface area contributed by atoms with Crippen LogP contribution in [0.25, 0.3) is 0 Å². The average Bonchev–Trinajstić information content (AvgIpc) is 2.47. The number of para-hydroxylation sites is 1. The first-order chi connectivity index (χ1) is 9.99. The van der Waals surface area contributed by atoms with Crippen molar-refractivity contribution in [1.82, 2.24) is 4.72 Å². The maximum absolute atomic E-state index is 12.2. The number of hydrogen-bond donors (Lipinski definition) is 1. The van der Waals surface area contributed by atoms with Gasteiger partial charge in [-0.15, -0.1) is 0 Å². The third-order valence-electron chi connectivity index (χ3n) is 2.59. The Morgan fingerprint density at radius 1 is 1.05 bits per heavy atom. The van der Waals surface area contributed by atoms with Gasteiger partial charge in [-0.05, 0) is 46.3 Å². The SMILES string of the molecule is O=S(=O)(NCCOc1ccccc1)c1cc(Br)ccc1Br. The second kappa shape index (κ2) is 7.40. The molecule has 0 aliphatic carbocycles. The summed E-state index contributed by atoms with van der Waals surface area (Å²) in [5.74, 6) is 0.709. The molecular weight excluding hydrogens is 422 g/mol. The Balaban J connectivity index is 1.94. The normalized spacial score (nSPS) is 11.3. The highest BCUT2D eigenvalue weighted by molar-refractivity contribution is 9.11. The van der Waals surface area contributed by atoms with E-state index in [0.717, 1.165) is 0 Å². The van der Waals surface area contributed by atoms with Crippen molar-refractivity contribution in [2.75, 3.05) is 13.2 Å². The molecule has 2 aromatic carbocycles. The number of benzene rings is 2. The molecular formula is C14H13Br2NO3S. The molecule has 0 atom stereocenters. The topological polar surface area (TPSA) is 55.4 Å². The number of halogens is 2. The molecule has 0 amide bonds. The fourth-order valence-electron chi connectivity index (χ4n) is 1.62. The predicted octanol–water partition coefficient (Wildman–Crippen LogP) is 3.57. The van der Waals surface area contributed by atoms with Crippen LogP contribution in [0.4, 0.5) is 0 Å². The molecule has 4 nitrogen and oxygen atoms in total. The van der Waals surface area contributed by atoms with Crippen LogP contribution >= 0.6 is 31.9 Å². The fraction of sp³-hybridized carbons (Fsp3) is 0.143. The number of sulfonamides is 1. The van der Waals surface area contributed by atoms with Gasteiger partial charge < -0.3 is 4.74 Å². The van der Waals surface area contributed by atoms with E-state index in [0.29, 0.717) is 14.7 Å². The van der Waals surface area contributed by atoms with Crippen LogP contribution in [0.1, 0.15) is 0 Å². The lowest BCUT2D eigenvalue weighted by atomic mass is 10.3. The molecule has 0 spiro atoms. The van der Waals surface area contributed by atoms with Crippen LogP contribution in [0.3, 0.4) is 0 Å². The largest absolute Gasteiger partial charge is 0.492 e. The minimum atomic E-state index is -3.57. The highest BCUT2D eigenvalue weighted by atomic mass is 79.9. The Kier molecular flexibility index (Phi) is 5.80. The Morgan fingerprint density at radius 3 is 2.48 bits per heavy atom. The Morgan fingerprint density at radius 2 is 1.76 bits per heavy atom. The molecule has 0 aliphatic heterocycles. The lowest BCUT2D eigenvalue weighted by Crippen LogP contribution is -2.28. The molecule has 0 saturated carbocycles. The summed E-state index contributed by atoms with van der Waals surface area (Å²) in [5, 5.41) is 0. The Hall–Kier alpha value is -0.890. The Bertz CT molecular complexity index is 705. The number of rotatable bonds is 6. The van der Waals surface area contributed by atoms with Crippen LogP contribution in [0.5, 0.6) is 5.75 Å². The monoisotopic (exact) mass is 433 g/mol. The van der Waals surface area contributed by atoms with Crippen LogP contribution in [0, 0.1) is 0 Å². The molecule has 2 aromatic rings. The molecule has 2 rings (SSSR count). The van der Waals surface area contributed by atoms with Crippen LogP contribution in [-0.4, -0.2) is 21.6 Å². The second-order valence-electron chi connectivity index (χ2n) is 4.13. The van der Waals surface area contributed by atoms with Gasteiger partial charge in [-0.3, -0.25) is 0 Å². The third kappa shape index (κ3) is 4.81. The van der Waals surface area contributed by atoms with Gasteiger partial charge in [0, 0.05) is 15.5 Å². The predicted molar refractivity (Wildman–Crippen MR) is 89.0 cm³/mol. The summed E-state index contributed by atoms with van der Waals surface area (Å²) in [5.41, 5.74) is 0. The molecule has 1 N–H and O–H groups in total. The van der Waals surface area contributed by atoms with Gasteiger partial charge in [0.05, 0.1) is 4.90 Å². The van der Waals surface area contributed by atoms with E-state index in [1.807, 2.05) is 30.3 Å². The molecule has 0 bridgehead atoms. The summed E-state index contributed by atoms with van der Waals surface area (Å²) >= 11 is 6.50. The van der Waals surface area contributed by atoms with Gasteiger partial charge in [0.2, 0.25) is 10.0 Å². The van der Waals surface area contributed by atoms with Crippen LogP contribution in [0.2, 0.25) is 0 Å². The van der Waals surface area contributed by atoms with Gasteiger partial charge in [-0.1, -0.05) is 34.1 Å². The number of hydrogen-bond acceptors (Lipinski definition) is 3. The van der Waals surface area contributed by atoms with Crippen LogP contribution in [0.15, 0.2) is 62.4 Å². The van der Waals surface area contributed by atoms with Crippen molar-refractivity contribution in [2.45, 2.75) is 4.90 Å². The van der Waals surface area contributed by atoms with Gasteiger partial charge in [0.1, 0.15) is 12.4 Å². The van der Waals surface area contributed by atoms with E-state index in [1.165, 1.54) is 0 Å². The van der Waals surface area contributed by atoms with E-state index in [2.05, 4.69) is 36.6 Å². The second-order valence-corrected chi connectivity index (χ2v) is 7.64. The summed E-state index contributed by atoms with van der Waals surface area (Å²) in [7, 11) is -3.57. The maximum atomic E-state index is 12.2.